The van der Waals surface area contributed by atoms with Gasteiger partial charge in [0.2, 0.25) is 11.5 Å². The lowest BCUT2D eigenvalue weighted by Crippen LogP contribution is -2.51. The number of allylic oxidation sites excluding steroid dienone is 3. The first-order valence-electron chi connectivity index (χ1n) is 12.8. The number of aromatic amines is 2. The van der Waals surface area contributed by atoms with Gasteiger partial charge < -0.3 is 14.9 Å². The van der Waals surface area contributed by atoms with Gasteiger partial charge in [-0.3, -0.25) is 14.9 Å². The highest BCUT2D eigenvalue weighted by Gasteiger charge is 2.46. The van der Waals surface area contributed by atoms with Crippen molar-refractivity contribution < 1.29 is 4.79 Å². The minimum absolute atomic E-state index is 0.0506. The molecule has 186 valence electrons. The third kappa shape index (κ3) is 4.56. The highest BCUT2D eigenvalue weighted by atomic mass is 35.5. The number of amides is 1. The third-order valence-electron chi connectivity index (χ3n) is 7.96. The Hall–Kier alpha value is -3.09. The number of aryl methyl sites for hydroxylation is 1. The molecule has 3 aliphatic rings. The van der Waals surface area contributed by atoms with Crippen LogP contribution in [0.3, 0.4) is 0 Å². The van der Waals surface area contributed by atoms with Crippen LogP contribution in [-0.2, 0) is 17.6 Å². The number of likely N-dealkylation sites (N-methyl/N-ethyl adjacent to an activating group) is 1. The van der Waals surface area contributed by atoms with Crippen LogP contribution in [0.2, 0.25) is 5.02 Å². The normalized spacial score (nSPS) is 21.1. The number of anilines is 1. The van der Waals surface area contributed by atoms with Crippen molar-refractivity contribution in [2.24, 2.45) is 0 Å². The van der Waals surface area contributed by atoms with Gasteiger partial charge in [-0.2, -0.15) is 0 Å². The Morgan fingerprint density at radius 3 is 2.64 bits per heavy atom. The van der Waals surface area contributed by atoms with Crippen molar-refractivity contribution in [1.82, 2.24) is 15.3 Å². The second kappa shape index (κ2) is 9.09. The zero-order valence-electron chi connectivity index (χ0n) is 20.5. The van der Waals surface area contributed by atoms with Crippen molar-refractivity contribution in [2.45, 2.75) is 62.9 Å². The second-order valence-corrected chi connectivity index (χ2v) is 11.0. The molecule has 3 heterocycles. The average molecular weight is 503 g/mol. The van der Waals surface area contributed by atoms with Crippen molar-refractivity contribution in [3.63, 3.8) is 0 Å². The van der Waals surface area contributed by atoms with Crippen LogP contribution in [0.25, 0.3) is 11.0 Å². The molecule has 1 saturated carbocycles. The van der Waals surface area contributed by atoms with Gasteiger partial charge in [0.05, 0.1) is 17.1 Å². The Balaban J connectivity index is 1.38. The first-order chi connectivity index (χ1) is 17.4. The van der Waals surface area contributed by atoms with E-state index in [1.807, 2.05) is 37.4 Å². The number of nitrogens with one attached hydrogen (secondary N) is 3. The number of hydrogen-bond donors (Lipinski definition) is 3. The minimum atomic E-state index is -0.345. The van der Waals surface area contributed by atoms with E-state index in [0.29, 0.717) is 11.4 Å². The van der Waals surface area contributed by atoms with Crippen LogP contribution >= 0.6 is 11.6 Å². The SMILES string of the molecule is CN(C(=O)[C@@H]1CC2=CCCC(=C2)CCc2[nH]c3ccc(=O)[nH]c3c2CC2(CC2)N1)c1ccc(Cl)cc1. The molecule has 2 aliphatic carbocycles. The first-order valence-corrected chi connectivity index (χ1v) is 13.2. The van der Waals surface area contributed by atoms with Crippen LogP contribution < -0.4 is 15.8 Å². The van der Waals surface area contributed by atoms with Crippen LogP contribution in [0.15, 0.2) is 64.5 Å². The van der Waals surface area contributed by atoms with Gasteiger partial charge in [-0.1, -0.05) is 29.3 Å². The topological polar surface area (TPSA) is 81.0 Å². The maximum absolute atomic E-state index is 13.9. The quantitative estimate of drug-likeness (QED) is 0.451. The molecule has 1 fully saturated rings. The minimum Gasteiger partial charge on any atom is -0.357 e. The van der Waals surface area contributed by atoms with Gasteiger partial charge in [-0.15, -0.1) is 0 Å². The molecule has 2 aromatic heterocycles. The number of hydrogen-bond acceptors (Lipinski definition) is 3. The molecule has 1 aliphatic heterocycles. The van der Waals surface area contributed by atoms with Gasteiger partial charge >= 0.3 is 0 Å². The van der Waals surface area contributed by atoms with Crippen LogP contribution in [0, 0.1) is 0 Å². The van der Waals surface area contributed by atoms with Gasteiger partial charge in [-0.05, 0) is 92.8 Å². The molecule has 6 rings (SSSR count). The number of fused-ring (bicyclic) bond motifs is 4. The van der Waals surface area contributed by atoms with E-state index in [1.54, 1.807) is 11.0 Å². The highest BCUT2D eigenvalue weighted by Crippen LogP contribution is 2.42. The summed E-state index contributed by atoms with van der Waals surface area (Å²) in [5.74, 6) is 0.0506. The second-order valence-electron chi connectivity index (χ2n) is 10.5. The number of H-pyrrole nitrogens is 2. The van der Waals surface area contributed by atoms with E-state index in [4.69, 9.17) is 11.6 Å². The number of benzene rings is 1. The van der Waals surface area contributed by atoms with Crippen molar-refractivity contribution in [3.8, 4) is 0 Å². The number of halogens is 1. The summed E-state index contributed by atoms with van der Waals surface area (Å²) in [6, 6.07) is 10.5. The van der Waals surface area contributed by atoms with E-state index < -0.39 is 0 Å². The van der Waals surface area contributed by atoms with Crippen molar-refractivity contribution in [3.05, 3.63) is 86.3 Å². The van der Waals surface area contributed by atoms with Crippen LogP contribution in [0.4, 0.5) is 5.69 Å². The Bertz CT molecular complexity index is 1440. The maximum Gasteiger partial charge on any atom is 0.248 e. The lowest BCUT2D eigenvalue weighted by Gasteiger charge is -2.30. The standard InChI is InChI=1S/C29H31ClN4O2/c1-34(21-8-6-20(30)7-9-21)28(36)25-16-19-4-2-3-18(15-19)5-10-23-22(17-29(33-25)13-14-29)27-24(31-23)11-12-26(35)32-27/h4,6-9,11-12,15,25,31,33H,2-3,5,10,13-14,16-17H2,1H3,(H,32,35)/t25-/m0/s1. The Morgan fingerprint density at radius 1 is 1.06 bits per heavy atom. The molecular weight excluding hydrogens is 472 g/mol. The van der Waals surface area contributed by atoms with E-state index in [9.17, 15) is 9.59 Å². The smallest absolute Gasteiger partial charge is 0.248 e. The lowest BCUT2D eigenvalue weighted by atomic mass is 9.89. The van der Waals surface area contributed by atoms with Crippen LogP contribution in [0.1, 0.15) is 49.8 Å². The number of carbonyl (C=O) groups excluding carboxylic acids is 1. The molecule has 0 saturated heterocycles. The summed E-state index contributed by atoms with van der Waals surface area (Å²) in [4.78, 5) is 34.4. The number of carbonyl (C=O) groups is 1. The first kappa shape index (κ1) is 23.3. The molecule has 1 amide bonds. The third-order valence-corrected chi connectivity index (χ3v) is 8.21. The molecule has 0 unspecified atom stereocenters. The fourth-order valence-electron chi connectivity index (χ4n) is 5.77. The molecule has 1 aromatic carbocycles. The molecule has 0 radical (unpaired) electrons. The Kier molecular flexibility index (Phi) is 5.89. The van der Waals surface area contributed by atoms with Gasteiger partial charge in [0.15, 0.2) is 0 Å². The maximum atomic E-state index is 13.9. The van der Waals surface area contributed by atoms with Gasteiger partial charge in [0, 0.05) is 35.1 Å². The summed E-state index contributed by atoms with van der Waals surface area (Å²) >= 11 is 6.08. The number of pyridine rings is 1. The molecule has 1 atom stereocenters. The zero-order valence-corrected chi connectivity index (χ0v) is 21.3. The molecule has 7 heteroatoms. The summed E-state index contributed by atoms with van der Waals surface area (Å²) in [6.45, 7) is 0. The predicted molar refractivity (Wildman–Crippen MR) is 145 cm³/mol. The molecule has 3 N–H and O–H groups in total. The molecule has 6 nitrogen and oxygen atoms in total. The monoisotopic (exact) mass is 502 g/mol. The van der Waals surface area contributed by atoms with Gasteiger partial charge in [0.25, 0.3) is 0 Å². The number of rotatable bonds is 2. The van der Waals surface area contributed by atoms with E-state index >= 15 is 0 Å². The largest absolute Gasteiger partial charge is 0.357 e. The van der Waals surface area contributed by atoms with E-state index in [2.05, 4.69) is 27.4 Å². The highest BCUT2D eigenvalue weighted by molar-refractivity contribution is 6.30. The zero-order chi connectivity index (χ0) is 24.9. The van der Waals surface area contributed by atoms with Crippen molar-refractivity contribution >= 4 is 34.2 Å². The average Bonchev–Trinajstić information content (AvgIpc) is 3.55. The van der Waals surface area contributed by atoms with E-state index in [1.165, 1.54) is 22.4 Å². The van der Waals surface area contributed by atoms with E-state index in [-0.39, 0.29) is 23.0 Å². The fourth-order valence-corrected chi connectivity index (χ4v) is 5.89. The van der Waals surface area contributed by atoms with E-state index in [0.717, 1.165) is 61.7 Å². The molecule has 1 spiro atoms. The molecule has 36 heavy (non-hydrogen) atoms. The Morgan fingerprint density at radius 2 is 1.86 bits per heavy atom. The summed E-state index contributed by atoms with van der Waals surface area (Å²) in [7, 11) is 1.84. The predicted octanol–water partition coefficient (Wildman–Crippen LogP) is 5.19. The number of aromatic nitrogens is 2. The van der Waals surface area contributed by atoms with Crippen molar-refractivity contribution in [1.29, 1.82) is 0 Å². The van der Waals surface area contributed by atoms with Gasteiger partial charge in [-0.25, -0.2) is 0 Å². The Labute approximate surface area is 215 Å². The number of nitrogens with zero attached hydrogens (tertiary/aromatic N) is 1. The summed E-state index contributed by atoms with van der Waals surface area (Å²) in [5.41, 5.74) is 7.49. The fraction of sp³-hybridized carbons (Fsp3) is 0.379. The van der Waals surface area contributed by atoms with Crippen molar-refractivity contribution in [2.75, 3.05) is 11.9 Å². The lowest BCUT2D eigenvalue weighted by molar-refractivity contribution is -0.120. The molecule has 3 aromatic rings. The van der Waals surface area contributed by atoms with Crippen LogP contribution in [0.5, 0.6) is 0 Å². The van der Waals surface area contributed by atoms with Crippen LogP contribution in [-0.4, -0.2) is 34.5 Å². The summed E-state index contributed by atoms with van der Waals surface area (Å²) < 4.78 is 0. The summed E-state index contributed by atoms with van der Waals surface area (Å²) in [6.07, 6.45) is 12.0. The summed E-state index contributed by atoms with van der Waals surface area (Å²) in [5, 5.41) is 4.46. The molecular formula is C29H31ClN4O2. The van der Waals surface area contributed by atoms with Gasteiger partial charge in [0.1, 0.15) is 0 Å². The molecule has 2 bridgehead atoms.